The summed E-state index contributed by atoms with van der Waals surface area (Å²) in [5.41, 5.74) is 6.85. The molecule has 0 bridgehead atoms. The second-order valence-electron chi connectivity index (χ2n) is 5.60. The molecule has 0 aliphatic carbocycles. The highest BCUT2D eigenvalue weighted by Crippen LogP contribution is 2.13. The number of halogens is 3. The van der Waals surface area contributed by atoms with Crippen LogP contribution in [0.5, 0.6) is 0 Å². The van der Waals surface area contributed by atoms with E-state index in [0.29, 0.717) is 18.4 Å². The number of alkyl halides is 1. The Labute approximate surface area is 214 Å². The fraction of sp³-hybridized carbons (Fsp3) is 0.105. The van der Waals surface area contributed by atoms with Crippen LogP contribution in [0, 0.1) is 0 Å². The van der Waals surface area contributed by atoms with Crippen molar-refractivity contribution in [2.75, 3.05) is 5.73 Å². The van der Waals surface area contributed by atoms with Gasteiger partial charge >= 0.3 is 0 Å². The van der Waals surface area contributed by atoms with E-state index in [1.54, 1.807) is 41.6 Å². The number of nitrogens with one attached hydrogen (secondary N) is 2. The molecule has 5 aromatic rings. The van der Waals surface area contributed by atoms with Crippen LogP contribution >= 0.6 is 47.8 Å². The van der Waals surface area contributed by atoms with Gasteiger partial charge in [-0.3, -0.25) is 10.2 Å². The summed E-state index contributed by atoms with van der Waals surface area (Å²) < 4.78 is 3.62. The van der Waals surface area contributed by atoms with E-state index in [4.69, 9.17) is 5.73 Å². The third-order valence-corrected chi connectivity index (χ3v) is 4.53. The molecule has 5 heterocycles. The van der Waals surface area contributed by atoms with Gasteiger partial charge in [0, 0.05) is 34.5 Å². The number of hydrogen-bond acceptors (Lipinski definition) is 8. The summed E-state index contributed by atoms with van der Waals surface area (Å²) >= 11 is 9.35. The van der Waals surface area contributed by atoms with Gasteiger partial charge in [-0.25, -0.2) is 14.5 Å². The van der Waals surface area contributed by atoms with E-state index < -0.39 is 4.83 Å². The van der Waals surface area contributed by atoms with Gasteiger partial charge in [-0.1, -0.05) is 23.4 Å². The van der Waals surface area contributed by atoms with E-state index in [2.05, 4.69) is 83.3 Å². The Hall–Kier alpha value is -2.97. The molecule has 0 saturated carbocycles. The zero-order valence-corrected chi connectivity index (χ0v) is 20.9. The quantitative estimate of drug-likeness (QED) is 0.148. The zero-order valence-electron chi connectivity index (χ0n) is 16.1. The molecule has 33 heavy (non-hydrogen) atoms. The molecule has 11 nitrogen and oxygen atoms in total. The Morgan fingerprint density at radius 3 is 2.27 bits per heavy atom. The molecule has 0 saturated heterocycles. The maximum absolute atomic E-state index is 9.46. The lowest BCUT2D eigenvalue weighted by molar-refractivity contribution is -0.113. The van der Waals surface area contributed by atoms with Gasteiger partial charge in [-0.2, -0.15) is 15.3 Å². The highest BCUT2D eigenvalue weighted by Gasteiger charge is 1.95. The third kappa shape index (κ3) is 10.0. The van der Waals surface area contributed by atoms with Gasteiger partial charge in [-0.15, -0.1) is 0 Å². The molecule has 0 unspecified atom stereocenters. The van der Waals surface area contributed by atoms with Gasteiger partial charge in [0.1, 0.15) is 23.2 Å². The molecule has 174 valence electrons. The zero-order chi connectivity index (χ0) is 23.3. The van der Waals surface area contributed by atoms with Crippen LogP contribution in [0.25, 0.3) is 16.7 Å². The maximum atomic E-state index is 9.46. The Balaban J connectivity index is 0.000000225. The van der Waals surface area contributed by atoms with Crippen LogP contribution in [0.1, 0.15) is 7.43 Å². The number of aldehydes is 2. The number of carbonyl (C=O) groups is 2. The molecule has 5 aromatic heterocycles. The summed E-state index contributed by atoms with van der Waals surface area (Å²) in [5.74, 6) is 0.606. The van der Waals surface area contributed by atoms with E-state index >= 15 is 0 Å². The van der Waals surface area contributed by atoms with Crippen molar-refractivity contribution in [3.63, 3.8) is 0 Å². The molecule has 0 aromatic carbocycles. The molecular weight excluding hydrogens is 626 g/mol. The number of nitrogens with zero attached hydrogens (tertiary/aromatic N) is 6. The first kappa shape index (κ1) is 28.1. The van der Waals surface area contributed by atoms with Crippen LogP contribution in [0.3, 0.4) is 0 Å². The molecule has 14 heteroatoms. The number of aromatic nitrogens is 8. The Kier molecular flexibility index (Phi) is 12.7. The number of nitrogen functional groups attached to an aromatic ring is 1. The van der Waals surface area contributed by atoms with E-state index in [1.165, 1.54) is 0 Å². The average Bonchev–Trinajstić information content (AvgIpc) is 3.56. The Bertz CT molecular complexity index is 1160. The molecule has 0 aliphatic heterocycles. The summed E-state index contributed by atoms with van der Waals surface area (Å²) in [6.07, 6.45) is 11.5. The molecule has 4 N–H and O–H groups in total. The third-order valence-electron chi connectivity index (χ3n) is 3.26. The van der Waals surface area contributed by atoms with Crippen molar-refractivity contribution in [3.05, 3.63) is 64.3 Å². The van der Waals surface area contributed by atoms with Gasteiger partial charge in [-0.05, 0) is 44.0 Å². The van der Waals surface area contributed by atoms with Crippen molar-refractivity contribution in [2.24, 2.45) is 0 Å². The van der Waals surface area contributed by atoms with Gasteiger partial charge in [0.25, 0.3) is 0 Å². The number of fused-ring (bicyclic) bond motifs is 2. The predicted molar refractivity (Wildman–Crippen MR) is 137 cm³/mol. The molecule has 0 atom stereocenters. The lowest BCUT2D eigenvalue weighted by atomic mass is 10.4. The van der Waals surface area contributed by atoms with E-state index in [-0.39, 0.29) is 7.43 Å². The number of H-pyrrole nitrogens is 2. The minimum absolute atomic E-state index is 0. The van der Waals surface area contributed by atoms with Crippen molar-refractivity contribution in [1.82, 2.24) is 40.0 Å². The van der Waals surface area contributed by atoms with Crippen LogP contribution in [-0.4, -0.2) is 57.4 Å². The normalized spacial score (nSPS) is 9.45. The minimum Gasteiger partial charge on any atom is -0.384 e. The van der Waals surface area contributed by atoms with E-state index in [1.807, 2.05) is 18.3 Å². The lowest BCUT2D eigenvalue weighted by Gasteiger charge is -1.90. The van der Waals surface area contributed by atoms with Crippen molar-refractivity contribution < 1.29 is 9.59 Å². The summed E-state index contributed by atoms with van der Waals surface area (Å²) in [5, 5.41) is 17.7. The van der Waals surface area contributed by atoms with Crippen LogP contribution in [0.4, 0.5) is 5.82 Å². The van der Waals surface area contributed by atoms with Gasteiger partial charge in [0.15, 0.2) is 11.3 Å². The smallest absolute Gasteiger partial charge is 0.155 e. The number of nitrogens with two attached hydrogens (primary N) is 1. The average molecular weight is 646 g/mol. The van der Waals surface area contributed by atoms with Crippen LogP contribution in [-0.2, 0) is 9.59 Å². The number of rotatable bonds is 2. The van der Waals surface area contributed by atoms with E-state index in [9.17, 15) is 9.59 Å². The van der Waals surface area contributed by atoms with Crippen molar-refractivity contribution in [1.29, 1.82) is 0 Å². The first-order chi connectivity index (χ1) is 15.4. The molecule has 5 rings (SSSR count). The highest BCUT2D eigenvalue weighted by atomic mass is 79.9. The van der Waals surface area contributed by atoms with Gasteiger partial charge in [0.2, 0.25) is 0 Å². The minimum atomic E-state index is -0.613. The second kappa shape index (κ2) is 15.0. The second-order valence-corrected chi connectivity index (χ2v) is 8.48. The van der Waals surface area contributed by atoms with Crippen molar-refractivity contribution in [2.45, 2.75) is 12.3 Å². The topological polar surface area (TPSA) is 161 Å². The number of anilines is 1. The predicted octanol–water partition coefficient (Wildman–Crippen LogP) is 3.99. The summed E-state index contributed by atoms with van der Waals surface area (Å²) in [7, 11) is 0. The fourth-order valence-corrected chi connectivity index (χ4v) is 2.54. The molecule has 0 amide bonds. The van der Waals surface area contributed by atoms with Crippen molar-refractivity contribution in [3.8, 4) is 0 Å². The lowest BCUT2D eigenvalue weighted by Crippen LogP contribution is -1.97. The molecular formula is C19H20Br3N9O2. The first-order valence-corrected chi connectivity index (χ1v) is 11.1. The number of aromatic amines is 2. The van der Waals surface area contributed by atoms with Gasteiger partial charge < -0.3 is 15.3 Å². The molecule has 0 aliphatic rings. The van der Waals surface area contributed by atoms with Gasteiger partial charge in [0.05, 0.1) is 23.1 Å². The fourth-order valence-electron chi connectivity index (χ4n) is 1.90. The van der Waals surface area contributed by atoms with Crippen molar-refractivity contribution >= 4 is 82.9 Å². The van der Waals surface area contributed by atoms with E-state index in [0.717, 1.165) is 25.6 Å². The maximum Gasteiger partial charge on any atom is 0.155 e. The summed E-state index contributed by atoms with van der Waals surface area (Å²) in [6.45, 7) is 0. The van der Waals surface area contributed by atoms with Crippen LogP contribution < -0.4 is 5.73 Å². The van der Waals surface area contributed by atoms with Crippen LogP contribution in [0.15, 0.2) is 64.3 Å². The Morgan fingerprint density at radius 1 is 0.970 bits per heavy atom. The molecule has 0 radical (unpaired) electrons. The number of hydrogen-bond donors (Lipinski definition) is 3. The standard InChI is InChI=1S/2C6H4BrN3.C3H3BrO2.C3H5N3.CH4/c7-5-1-4-2-9-10-6(4)8-3-5;7-5-3-8-6-1-2-9-10(6)4-5;4-3(1-5)2-6;4-3-1-2-5-6-3;/h1-3H,(H,8,9,10);1-4H;1-3H;1-2H,(H3,4,5,6);1H4. The monoisotopic (exact) mass is 643 g/mol. The van der Waals surface area contributed by atoms with Crippen LogP contribution in [0.2, 0.25) is 0 Å². The SMILES string of the molecule is Brc1cnc2[nH]ncc2c1.Brc1cnc2ccnn2c1.C.Nc1ccn[nH]1.O=CC(Br)C=O. The molecule has 0 spiro atoms. The summed E-state index contributed by atoms with van der Waals surface area (Å²) in [6, 6.07) is 5.51. The Morgan fingerprint density at radius 2 is 1.70 bits per heavy atom. The first-order valence-electron chi connectivity index (χ1n) is 8.62. The highest BCUT2D eigenvalue weighted by molar-refractivity contribution is 9.11. The number of pyridine rings is 1. The molecule has 0 fully saturated rings. The number of carbonyl (C=O) groups excluding carboxylic acids is 2. The largest absolute Gasteiger partial charge is 0.384 e. The summed E-state index contributed by atoms with van der Waals surface area (Å²) in [4.78, 5) is 26.5.